The van der Waals surface area contributed by atoms with Gasteiger partial charge < -0.3 is 22.1 Å². The van der Waals surface area contributed by atoms with Gasteiger partial charge in [0.25, 0.3) is 0 Å². The van der Waals surface area contributed by atoms with Crippen molar-refractivity contribution in [2.75, 3.05) is 10.6 Å². The molecule has 32 heavy (non-hydrogen) atoms. The van der Waals surface area contributed by atoms with Crippen molar-refractivity contribution in [3.05, 3.63) is 71.8 Å². The second-order valence-electron chi connectivity index (χ2n) is 7.00. The zero-order chi connectivity index (χ0) is 23.5. The molecule has 0 fully saturated rings. The van der Waals surface area contributed by atoms with Crippen molar-refractivity contribution in [1.29, 1.82) is 0 Å². The molecule has 2 rings (SSSR count). The van der Waals surface area contributed by atoms with Crippen LogP contribution in [0.4, 0.5) is 16.2 Å². The van der Waals surface area contributed by atoms with Gasteiger partial charge in [0.05, 0.1) is 23.1 Å². The summed E-state index contributed by atoms with van der Waals surface area (Å²) in [5.41, 5.74) is 16.4. The lowest BCUT2D eigenvalue weighted by Crippen LogP contribution is -2.19. The summed E-state index contributed by atoms with van der Waals surface area (Å²) >= 11 is 0. The van der Waals surface area contributed by atoms with E-state index in [4.69, 9.17) is 11.5 Å². The van der Waals surface area contributed by atoms with Crippen LogP contribution in [0.15, 0.2) is 70.7 Å². The van der Waals surface area contributed by atoms with Crippen molar-refractivity contribution in [2.24, 2.45) is 21.5 Å². The zero-order valence-corrected chi connectivity index (χ0v) is 19.1. The van der Waals surface area contributed by atoms with Crippen molar-refractivity contribution in [3.8, 4) is 0 Å². The number of amides is 2. The van der Waals surface area contributed by atoms with E-state index in [9.17, 15) is 4.79 Å². The number of nitrogens with one attached hydrogen (secondary N) is 2. The number of aliphatic imine (C=N–C) groups is 2. The van der Waals surface area contributed by atoms with Crippen LogP contribution in [0.1, 0.15) is 51.7 Å². The summed E-state index contributed by atoms with van der Waals surface area (Å²) in [4.78, 5) is 21.3. The Bertz CT molecular complexity index is 1050. The Hall–Kier alpha value is -3.87. The number of nitrogens with two attached hydrogens (primary N) is 2. The van der Waals surface area contributed by atoms with E-state index in [0.717, 1.165) is 22.5 Å². The first-order valence-corrected chi connectivity index (χ1v) is 10.7. The lowest BCUT2D eigenvalue weighted by molar-refractivity contribution is 0.262. The SMILES string of the molecule is C/C=C(\N=C(N)CC)c1ccc(NC(=O)Nc2cccc(/C(=C/C)N=C(N)CC)c2)cc1. The second-order valence-corrected chi connectivity index (χ2v) is 7.00. The fourth-order valence-electron chi connectivity index (χ4n) is 2.83. The summed E-state index contributed by atoms with van der Waals surface area (Å²) in [7, 11) is 0. The van der Waals surface area contributed by atoms with Crippen molar-refractivity contribution in [2.45, 2.75) is 40.5 Å². The van der Waals surface area contributed by atoms with E-state index in [1.165, 1.54) is 0 Å². The Kier molecular flexibility index (Phi) is 9.22. The number of carbonyl (C=O) groups is 1. The molecule has 0 spiro atoms. The first-order valence-electron chi connectivity index (χ1n) is 10.7. The molecule has 0 aromatic heterocycles. The summed E-state index contributed by atoms with van der Waals surface area (Å²) in [5, 5.41) is 5.69. The molecule has 0 aliphatic carbocycles. The molecule has 7 heteroatoms. The highest BCUT2D eigenvalue weighted by atomic mass is 16.2. The molecule has 2 aromatic rings. The maximum absolute atomic E-state index is 12.5. The van der Waals surface area contributed by atoms with Crippen LogP contribution in [0.2, 0.25) is 0 Å². The largest absolute Gasteiger partial charge is 0.387 e. The Balaban J connectivity index is 2.08. The number of urea groups is 1. The van der Waals surface area contributed by atoms with Crippen LogP contribution in [-0.2, 0) is 0 Å². The Labute approximate surface area is 190 Å². The Morgan fingerprint density at radius 3 is 1.88 bits per heavy atom. The molecule has 7 nitrogen and oxygen atoms in total. The van der Waals surface area contributed by atoms with Crippen LogP contribution in [0.25, 0.3) is 11.4 Å². The van der Waals surface area contributed by atoms with Crippen molar-refractivity contribution < 1.29 is 4.79 Å². The Morgan fingerprint density at radius 2 is 1.34 bits per heavy atom. The first-order chi connectivity index (χ1) is 15.4. The molecule has 0 aliphatic heterocycles. The van der Waals surface area contributed by atoms with Crippen LogP contribution in [0.3, 0.4) is 0 Å². The number of benzene rings is 2. The molecule has 0 unspecified atom stereocenters. The van der Waals surface area contributed by atoms with Gasteiger partial charge >= 0.3 is 6.03 Å². The van der Waals surface area contributed by atoms with Crippen LogP contribution >= 0.6 is 0 Å². The van der Waals surface area contributed by atoms with E-state index >= 15 is 0 Å². The van der Waals surface area contributed by atoms with E-state index in [1.807, 2.05) is 88.4 Å². The smallest absolute Gasteiger partial charge is 0.323 e. The molecule has 0 saturated carbocycles. The van der Waals surface area contributed by atoms with Gasteiger partial charge in [-0.25, -0.2) is 14.8 Å². The van der Waals surface area contributed by atoms with Gasteiger partial charge in [0.15, 0.2) is 0 Å². The average molecular weight is 433 g/mol. The molecule has 0 radical (unpaired) electrons. The second kappa shape index (κ2) is 12.1. The topological polar surface area (TPSA) is 118 Å². The molecule has 2 aromatic carbocycles. The highest BCUT2D eigenvalue weighted by Gasteiger charge is 2.07. The lowest BCUT2D eigenvalue weighted by atomic mass is 10.1. The minimum atomic E-state index is -0.340. The summed E-state index contributed by atoms with van der Waals surface area (Å²) in [6.07, 6.45) is 5.15. The van der Waals surface area contributed by atoms with Crippen LogP contribution < -0.4 is 22.1 Å². The monoisotopic (exact) mass is 432 g/mol. The zero-order valence-electron chi connectivity index (χ0n) is 19.1. The predicted molar refractivity (Wildman–Crippen MR) is 137 cm³/mol. The maximum Gasteiger partial charge on any atom is 0.323 e. The minimum absolute atomic E-state index is 0.340. The highest BCUT2D eigenvalue weighted by Crippen LogP contribution is 2.21. The quantitative estimate of drug-likeness (QED) is 0.322. The molecular weight excluding hydrogens is 400 g/mol. The number of anilines is 2. The van der Waals surface area contributed by atoms with Gasteiger partial charge in [-0.3, -0.25) is 0 Å². The van der Waals surface area contributed by atoms with E-state index in [1.54, 1.807) is 0 Å². The third-order valence-electron chi connectivity index (χ3n) is 4.65. The summed E-state index contributed by atoms with van der Waals surface area (Å²) in [6.45, 7) is 7.73. The average Bonchev–Trinajstić information content (AvgIpc) is 2.81. The van der Waals surface area contributed by atoms with Gasteiger partial charge in [0.2, 0.25) is 0 Å². The number of carbonyl (C=O) groups excluding carboxylic acids is 1. The van der Waals surface area contributed by atoms with Crippen LogP contribution in [0.5, 0.6) is 0 Å². The third kappa shape index (κ3) is 7.12. The van der Waals surface area contributed by atoms with E-state index in [0.29, 0.717) is 35.9 Å². The fraction of sp³-hybridized carbons (Fsp3) is 0.240. The molecule has 168 valence electrons. The maximum atomic E-state index is 12.5. The molecule has 6 N–H and O–H groups in total. The molecule has 0 aliphatic rings. The Morgan fingerprint density at radius 1 is 0.812 bits per heavy atom. The summed E-state index contributed by atoms with van der Waals surface area (Å²) in [5.74, 6) is 1.13. The summed E-state index contributed by atoms with van der Waals surface area (Å²) < 4.78 is 0. The molecule has 0 bridgehead atoms. The fourth-order valence-corrected chi connectivity index (χ4v) is 2.83. The standard InChI is InChI=1S/C25H32N6O/c1-5-21(30-23(26)7-3)17-12-14-19(15-13-17)28-25(32)29-20-11-9-10-18(16-20)22(6-2)31-24(27)8-4/h5-6,9-16H,7-8H2,1-4H3,(H2,26,30)(H2,27,31)(H2,28,29,32)/b21-5-,22-6-. The van der Waals surface area contributed by atoms with Crippen molar-refractivity contribution in [1.82, 2.24) is 0 Å². The van der Waals surface area contributed by atoms with Crippen LogP contribution in [0, 0.1) is 0 Å². The highest BCUT2D eigenvalue weighted by molar-refractivity contribution is 6.00. The predicted octanol–water partition coefficient (Wildman–Crippen LogP) is 5.59. The molecule has 0 saturated heterocycles. The van der Waals surface area contributed by atoms with Gasteiger partial charge in [-0.2, -0.15) is 0 Å². The number of nitrogens with zero attached hydrogens (tertiary/aromatic N) is 2. The van der Waals surface area contributed by atoms with Gasteiger partial charge in [-0.1, -0.05) is 50.3 Å². The number of amidine groups is 2. The third-order valence-corrected chi connectivity index (χ3v) is 4.65. The van der Waals surface area contributed by atoms with Gasteiger partial charge in [-0.15, -0.1) is 0 Å². The van der Waals surface area contributed by atoms with Gasteiger partial charge in [0.1, 0.15) is 0 Å². The summed E-state index contributed by atoms with van der Waals surface area (Å²) in [6, 6.07) is 14.6. The number of hydrogen-bond donors (Lipinski definition) is 4. The number of allylic oxidation sites excluding steroid dienone is 2. The van der Waals surface area contributed by atoms with Crippen molar-refractivity contribution >= 4 is 40.5 Å². The van der Waals surface area contributed by atoms with E-state index in [2.05, 4.69) is 20.6 Å². The van der Waals surface area contributed by atoms with E-state index in [-0.39, 0.29) is 6.03 Å². The molecule has 0 heterocycles. The number of hydrogen-bond acceptors (Lipinski definition) is 3. The molecule has 0 atom stereocenters. The molecular formula is C25H32N6O. The van der Waals surface area contributed by atoms with E-state index < -0.39 is 0 Å². The molecule has 2 amide bonds. The van der Waals surface area contributed by atoms with Gasteiger partial charge in [0, 0.05) is 29.8 Å². The number of rotatable bonds is 8. The van der Waals surface area contributed by atoms with Crippen LogP contribution in [-0.4, -0.2) is 17.7 Å². The normalized spacial score (nSPS) is 13.1. The van der Waals surface area contributed by atoms with Gasteiger partial charge in [-0.05, 0) is 43.7 Å². The first kappa shape index (κ1) is 24.4. The lowest BCUT2D eigenvalue weighted by Gasteiger charge is -2.10. The minimum Gasteiger partial charge on any atom is -0.387 e. The van der Waals surface area contributed by atoms with Crippen molar-refractivity contribution in [3.63, 3.8) is 0 Å².